The molecule has 2 bridgehead atoms. The summed E-state index contributed by atoms with van der Waals surface area (Å²) in [5, 5.41) is 0. The Morgan fingerprint density at radius 3 is 2.43 bits per heavy atom. The van der Waals surface area contributed by atoms with Gasteiger partial charge < -0.3 is 9.64 Å². The molecule has 1 fully saturated rings. The van der Waals surface area contributed by atoms with E-state index in [1.165, 1.54) is 29.7 Å². The van der Waals surface area contributed by atoms with Gasteiger partial charge in [-0.15, -0.1) is 0 Å². The molecule has 0 spiro atoms. The number of hydrogen-bond donors (Lipinski definition) is 0. The third-order valence-electron chi connectivity index (χ3n) is 5.37. The van der Waals surface area contributed by atoms with Crippen LogP contribution in [-0.2, 0) is 4.74 Å². The van der Waals surface area contributed by atoms with E-state index in [-0.39, 0.29) is 11.7 Å². The van der Waals surface area contributed by atoms with Crippen molar-refractivity contribution in [2.24, 2.45) is 11.8 Å². The summed E-state index contributed by atoms with van der Waals surface area (Å²) in [5.41, 5.74) is 4.02. The molecule has 0 radical (unpaired) electrons. The molecule has 0 N–H and O–H groups in total. The minimum Gasteiger partial charge on any atom is -0.378 e. The number of anilines is 1. The monoisotopic (exact) mass is 285 g/mol. The highest BCUT2D eigenvalue weighted by Crippen LogP contribution is 2.50. The van der Waals surface area contributed by atoms with Crippen LogP contribution in [0, 0.1) is 11.8 Å². The van der Waals surface area contributed by atoms with E-state index in [1.54, 1.807) is 0 Å². The van der Waals surface area contributed by atoms with Gasteiger partial charge in [0.25, 0.3) is 0 Å². The molecule has 3 rings (SSSR count). The van der Waals surface area contributed by atoms with Gasteiger partial charge in [-0.25, -0.2) is 0 Å². The van der Waals surface area contributed by atoms with Crippen LogP contribution in [0.4, 0.5) is 5.69 Å². The molecule has 1 aliphatic carbocycles. The number of fused-ring (bicyclic) bond motifs is 2. The van der Waals surface area contributed by atoms with Gasteiger partial charge in [0.15, 0.2) is 0 Å². The van der Waals surface area contributed by atoms with Gasteiger partial charge in [-0.3, -0.25) is 0 Å². The van der Waals surface area contributed by atoms with Crippen LogP contribution in [0.15, 0.2) is 35.9 Å². The fraction of sp³-hybridized carbons (Fsp3) is 0.579. The Kier molecular flexibility index (Phi) is 3.61. The first-order valence-corrected chi connectivity index (χ1v) is 8.00. The largest absolute Gasteiger partial charge is 0.378 e. The van der Waals surface area contributed by atoms with Crippen LogP contribution in [0.25, 0.3) is 0 Å². The van der Waals surface area contributed by atoms with Crippen LogP contribution < -0.4 is 4.90 Å². The molecule has 2 heteroatoms. The van der Waals surface area contributed by atoms with Gasteiger partial charge in [-0.05, 0) is 57.2 Å². The molecule has 1 aromatic carbocycles. The minimum absolute atomic E-state index is 0.0292. The topological polar surface area (TPSA) is 12.5 Å². The normalized spacial score (nSPS) is 30.7. The second-order valence-corrected chi connectivity index (χ2v) is 7.35. The van der Waals surface area contributed by atoms with E-state index in [9.17, 15) is 0 Å². The van der Waals surface area contributed by atoms with Crippen molar-refractivity contribution >= 4 is 5.69 Å². The van der Waals surface area contributed by atoms with Gasteiger partial charge in [0, 0.05) is 25.7 Å². The van der Waals surface area contributed by atoms with Crippen LogP contribution in [0.3, 0.4) is 0 Å². The lowest BCUT2D eigenvalue weighted by molar-refractivity contribution is -0.166. The Morgan fingerprint density at radius 2 is 1.81 bits per heavy atom. The molecule has 1 saturated heterocycles. The SMILES string of the molecule is CC1=CC[C@@H]2C[C@@H]1[C@H](c1ccc(N(C)C)cc1)OC2(C)C. The van der Waals surface area contributed by atoms with E-state index in [2.05, 4.69) is 70.1 Å². The average molecular weight is 285 g/mol. The fourth-order valence-corrected chi connectivity index (χ4v) is 3.77. The smallest absolute Gasteiger partial charge is 0.0897 e. The van der Waals surface area contributed by atoms with Gasteiger partial charge in [-0.1, -0.05) is 23.8 Å². The molecule has 0 unspecified atom stereocenters. The average Bonchev–Trinajstić information content (AvgIpc) is 2.45. The van der Waals surface area contributed by atoms with Crippen LogP contribution >= 0.6 is 0 Å². The van der Waals surface area contributed by atoms with Crippen LogP contribution in [0.5, 0.6) is 0 Å². The Bertz CT molecular complexity index is 541. The minimum atomic E-state index is -0.0292. The second kappa shape index (κ2) is 5.17. The number of ether oxygens (including phenoxy) is 1. The standard InChI is InChI=1S/C19H27NO/c1-13-6-9-15-12-17(13)18(21-19(15,2)3)14-7-10-16(11-8-14)20(4)5/h6-8,10-11,15,17-18H,9,12H2,1-5H3/t15-,17+,18+/m1/s1. The van der Waals surface area contributed by atoms with E-state index in [4.69, 9.17) is 4.74 Å². The summed E-state index contributed by atoms with van der Waals surface area (Å²) in [5.74, 6) is 1.20. The summed E-state index contributed by atoms with van der Waals surface area (Å²) in [4.78, 5) is 2.14. The molecule has 0 saturated carbocycles. The van der Waals surface area contributed by atoms with Crippen LogP contribution in [-0.4, -0.2) is 19.7 Å². The van der Waals surface area contributed by atoms with E-state index in [1.807, 2.05) is 0 Å². The Morgan fingerprint density at radius 1 is 1.14 bits per heavy atom. The third kappa shape index (κ3) is 2.62. The summed E-state index contributed by atoms with van der Waals surface area (Å²) < 4.78 is 6.54. The van der Waals surface area contributed by atoms with Crippen LogP contribution in [0.2, 0.25) is 0 Å². The lowest BCUT2D eigenvalue weighted by Gasteiger charge is -2.49. The Labute approximate surface area is 128 Å². The molecule has 1 aromatic rings. The highest BCUT2D eigenvalue weighted by atomic mass is 16.5. The van der Waals surface area contributed by atoms with Crippen molar-refractivity contribution in [1.82, 2.24) is 0 Å². The number of nitrogens with zero attached hydrogens (tertiary/aromatic N) is 1. The van der Waals surface area contributed by atoms with Crippen molar-refractivity contribution in [3.63, 3.8) is 0 Å². The summed E-state index contributed by atoms with van der Waals surface area (Å²) in [7, 11) is 4.15. The predicted molar refractivity (Wildman–Crippen MR) is 88.6 cm³/mol. The zero-order valence-electron chi connectivity index (χ0n) is 13.9. The first-order valence-electron chi connectivity index (χ1n) is 8.00. The number of allylic oxidation sites excluding steroid dienone is 1. The maximum absolute atomic E-state index is 6.54. The van der Waals surface area contributed by atoms with Crippen molar-refractivity contribution in [2.45, 2.75) is 45.3 Å². The van der Waals surface area contributed by atoms with Crippen LogP contribution in [0.1, 0.15) is 45.3 Å². The molecule has 2 aliphatic rings. The maximum Gasteiger partial charge on any atom is 0.0897 e. The first kappa shape index (κ1) is 14.6. The summed E-state index contributed by atoms with van der Waals surface area (Å²) in [6.45, 7) is 6.77. The number of benzene rings is 1. The summed E-state index contributed by atoms with van der Waals surface area (Å²) in [6, 6.07) is 8.86. The number of rotatable bonds is 2. The molecule has 2 nitrogen and oxygen atoms in total. The second-order valence-electron chi connectivity index (χ2n) is 7.35. The molecular weight excluding hydrogens is 258 g/mol. The molecule has 3 atom stereocenters. The van der Waals surface area contributed by atoms with E-state index in [0.717, 1.165) is 0 Å². The zero-order valence-corrected chi connectivity index (χ0v) is 13.9. The summed E-state index contributed by atoms with van der Waals surface area (Å²) >= 11 is 0. The highest BCUT2D eigenvalue weighted by molar-refractivity contribution is 5.46. The zero-order chi connectivity index (χ0) is 15.2. The van der Waals surface area contributed by atoms with Gasteiger partial charge in [0.2, 0.25) is 0 Å². The molecule has 1 heterocycles. The van der Waals surface area contributed by atoms with E-state index in [0.29, 0.717) is 11.8 Å². The van der Waals surface area contributed by atoms with Gasteiger partial charge in [0.05, 0.1) is 11.7 Å². The van der Waals surface area contributed by atoms with Gasteiger partial charge in [-0.2, -0.15) is 0 Å². The predicted octanol–water partition coefficient (Wildman–Crippen LogP) is 4.58. The third-order valence-corrected chi connectivity index (χ3v) is 5.37. The van der Waals surface area contributed by atoms with Gasteiger partial charge in [0.1, 0.15) is 0 Å². The molecular formula is C19H27NO. The molecule has 0 aromatic heterocycles. The van der Waals surface area contributed by atoms with Crippen molar-refractivity contribution in [1.29, 1.82) is 0 Å². The van der Waals surface area contributed by atoms with Gasteiger partial charge >= 0.3 is 0 Å². The number of hydrogen-bond acceptors (Lipinski definition) is 2. The lowest BCUT2D eigenvalue weighted by atomic mass is 9.69. The van der Waals surface area contributed by atoms with E-state index >= 15 is 0 Å². The summed E-state index contributed by atoms with van der Waals surface area (Å²) in [6.07, 6.45) is 5.06. The molecule has 1 aliphatic heterocycles. The first-order chi connectivity index (χ1) is 9.88. The van der Waals surface area contributed by atoms with Crippen molar-refractivity contribution in [3.05, 3.63) is 41.5 Å². The van der Waals surface area contributed by atoms with Crippen molar-refractivity contribution in [3.8, 4) is 0 Å². The molecule has 0 amide bonds. The lowest BCUT2D eigenvalue weighted by Crippen LogP contribution is -2.45. The van der Waals surface area contributed by atoms with E-state index < -0.39 is 0 Å². The Hall–Kier alpha value is -1.28. The highest BCUT2D eigenvalue weighted by Gasteiger charge is 2.45. The molecule has 114 valence electrons. The van der Waals surface area contributed by atoms with Crippen molar-refractivity contribution in [2.75, 3.05) is 19.0 Å². The quantitative estimate of drug-likeness (QED) is 0.738. The van der Waals surface area contributed by atoms with Crippen molar-refractivity contribution < 1.29 is 4.74 Å². The molecule has 21 heavy (non-hydrogen) atoms. The Balaban J connectivity index is 1.92. The maximum atomic E-state index is 6.54. The fourth-order valence-electron chi connectivity index (χ4n) is 3.77.